The van der Waals surface area contributed by atoms with Gasteiger partial charge in [0.2, 0.25) is 5.95 Å². The summed E-state index contributed by atoms with van der Waals surface area (Å²) in [4.78, 5) is 23.1. The third kappa shape index (κ3) is 2.82. The topological polar surface area (TPSA) is 172 Å². The van der Waals surface area contributed by atoms with Crippen molar-refractivity contribution in [2.45, 2.75) is 24.5 Å². The van der Waals surface area contributed by atoms with E-state index in [1.807, 2.05) is 0 Å². The van der Waals surface area contributed by atoms with Gasteiger partial charge in [0.05, 0.1) is 12.3 Å². The van der Waals surface area contributed by atoms with Crippen molar-refractivity contribution >= 4 is 22.8 Å². The van der Waals surface area contributed by atoms with E-state index in [-0.39, 0.29) is 22.9 Å². The lowest BCUT2D eigenvalue weighted by molar-refractivity contribution is -0.0514. The third-order valence-corrected chi connectivity index (χ3v) is 4.40. The van der Waals surface area contributed by atoms with Gasteiger partial charge in [0.25, 0.3) is 5.56 Å². The smallest absolute Gasteiger partial charge is 0.280 e. The maximum Gasteiger partial charge on any atom is 0.280 e. The van der Waals surface area contributed by atoms with Crippen LogP contribution in [0.5, 0.6) is 0 Å². The van der Waals surface area contributed by atoms with Crippen LogP contribution in [0.25, 0.3) is 16.9 Å². The van der Waals surface area contributed by atoms with Crippen molar-refractivity contribution in [3.8, 4) is 0 Å². The Morgan fingerprint density at radius 2 is 2.04 bits per heavy atom. The third-order valence-electron chi connectivity index (χ3n) is 4.40. The Balaban J connectivity index is 1.96. The largest absolute Gasteiger partial charge is 0.394 e. The van der Waals surface area contributed by atoms with Crippen molar-refractivity contribution in [3.05, 3.63) is 46.7 Å². The van der Waals surface area contributed by atoms with Crippen LogP contribution in [-0.2, 0) is 4.74 Å². The zero-order valence-electron chi connectivity index (χ0n) is 14.0. The Morgan fingerprint density at radius 3 is 2.78 bits per heavy atom. The highest BCUT2D eigenvalue weighted by molar-refractivity contribution is 5.77. The van der Waals surface area contributed by atoms with Crippen molar-refractivity contribution in [2.75, 3.05) is 12.3 Å². The molecule has 0 spiro atoms. The number of ether oxygens (including phenoxy) is 1. The number of aliphatic hydroxyl groups excluding tert-OH is 3. The second kappa shape index (κ2) is 6.63. The van der Waals surface area contributed by atoms with Gasteiger partial charge in [-0.1, -0.05) is 12.2 Å². The number of allylic oxidation sites excluding steroid dienone is 4. The molecule has 0 radical (unpaired) electrons. The quantitative estimate of drug-likeness (QED) is 0.367. The number of aromatic amines is 1. The first-order chi connectivity index (χ1) is 13.0. The summed E-state index contributed by atoms with van der Waals surface area (Å²) in [6, 6.07) is 0. The van der Waals surface area contributed by atoms with Crippen LogP contribution in [-0.4, -0.2) is 59.8 Å². The number of H-pyrrole nitrogens is 1. The van der Waals surface area contributed by atoms with Crippen molar-refractivity contribution in [1.82, 2.24) is 24.8 Å². The van der Waals surface area contributed by atoms with Crippen LogP contribution in [0.15, 0.2) is 35.3 Å². The number of imidazole rings is 1. The van der Waals surface area contributed by atoms with Gasteiger partial charge in [0.15, 0.2) is 23.2 Å². The molecule has 2 aliphatic rings. The fourth-order valence-electron chi connectivity index (χ4n) is 3.12. The molecule has 4 heterocycles. The highest BCUT2D eigenvalue weighted by atomic mass is 16.6. The van der Waals surface area contributed by atoms with Crippen LogP contribution in [0.1, 0.15) is 12.1 Å². The highest BCUT2D eigenvalue weighted by Gasteiger charge is 2.45. The number of rotatable bonds is 3. The van der Waals surface area contributed by atoms with Gasteiger partial charge in [0.1, 0.15) is 18.3 Å². The maximum atomic E-state index is 12.3. The summed E-state index contributed by atoms with van der Waals surface area (Å²) in [5, 5.41) is 33.0. The van der Waals surface area contributed by atoms with E-state index in [4.69, 9.17) is 10.5 Å². The lowest BCUT2D eigenvalue weighted by atomic mass is 10.1. The average molecular weight is 374 g/mol. The van der Waals surface area contributed by atoms with E-state index in [0.717, 1.165) is 0 Å². The monoisotopic (exact) mass is 374 g/mol. The summed E-state index contributed by atoms with van der Waals surface area (Å²) < 4.78 is 7.00. The summed E-state index contributed by atoms with van der Waals surface area (Å²) in [6.07, 6.45) is 3.89. The lowest BCUT2D eigenvalue weighted by Crippen LogP contribution is -2.33. The molecule has 4 rings (SSSR count). The maximum absolute atomic E-state index is 12.3. The molecule has 0 bridgehead atoms. The second-order valence-corrected chi connectivity index (χ2v) is 6.13. The van der Waals surface area contributed by atoms with Crippen molar-refractivity contribution < 1.29 is 20.1 Å². The number of hydrogen-bond donors (Lipinski definition) is 6. The number of nitrogen functional groups attached to an aromatic ring is 1. The van der Waals surface area contributed by atoms with Crippen LogP contribution < -0.4 is 16.6 Å². The number of aliphatic hydroxyl groups is 3. The van der Waals surface area contributed by atoms with E-state index in [1.165, 1.54) is 4.57 Å². The molecule has 2 aliphatic heterocycles. The van der Waals surface area contributed by atoms with E-state index < -0.39 is 36.7 Å². The number of fused-ring (bicyclic) bond motifs is 1. The summed E-state index contributed by atoms with van der Waals surface area (Å²) in [6.45, 7) is -0.487. The van der Waals surface area contributed by atoms with Gasteiger partial charge in [-0.05, 0) is 12.2 Å². The van der Waals surface area contributed by atoms with E-state index in [9.17, 15) is 20.1 Å². The van der Waals surface area contributed by atoms with Crippen molar-refractivity contribution in [2.24, 2.45) is 0 Å². The van der Waals surface area contributed by atoms with Crippen LogP contribution in [0, 0.1) is 0 Å². The highest BCUT2D eigenvalue weighted by Crippen LogP contribution is 2.33. The molecule has 0 saturated carbocycles. The van der Waals surface area contributed by atoms with Gasteiger partial charge >= 0.3 is 0 Å². The minimum Gasteiger partial charge on any atom is -0.394 e. The number of hydrogen-bond acceptors (Lipinski definition) is 9. The predicted octanol–water partition coefficient (Wildman–Crippen LogP) is -1.67. The average Bonchev–Trinajstić information content (AvgIpc) is 2.99. The molecule has 2 aromatic heterocycles. The molecule has 4 atom stereocenters. The number of nitrogens with zero attached hydrogens (tertiary/aromatic N) is 3. The van der Waals surface area contributed by atoms with Crippen LogP contribution in [0.2, 0.25) is 0 Å². The molecule has 0 aromatic carbocycles. The zero-order valence-corrected chi connectivity index (χ0v) is 14.0. The Morgan fingerprint density at radius 1 is 1.22 bits per heavy atom. The number of aromatic nitrogens is 4. The Hall–Kier alpha value is -2.99. The molecule has 0 unspecified atom stereocenters. The standard InChI is InChI=1S/C16H18N6O5/c17-16-20-13-9(14(26)21-16)19-12(7-4-2-1-3-5-18-7)22(13)15-11(25)10(24)8(6-23)27-15/h1-5,8,10-11,15,18,23-25H,6H2,(H3,17,20,21,26)/t8-,10-,11-,15-/m1/s1. The van der Waals surface area contributed by atoms with E-state index in [1.54, 1.807) is 30.5 Å². The van der Waals surface area contributed by atoms with Crippen LogP contribution in [0.4, 0.5) is 5.95 Å². The molecule has 7 N–H and O–H groups in total. The first kappa shape index (κ1) is 17.4. The molecule has 1 fully saturated rings. The first-order valence-electron chi connectivity index (χ1n) is 8.22. The van der Waals surface area contributed by atoms with Gasteiger partial charge in [-0.3, -0.25) is 14.3 Å². The summed E-state index contributed by atoms with van der Waals surface area (Å²) in [5.41, 5.74) is 5.71. The van der Waals surface area contributed by atoms with Gasteiger partial charge in [-0.25, -0.2) is 4.98 Å². The minimum absolute atomic E-state index is 0.00292. The van der Waals surface area contributed by atoms with Crippen LogP contribution in [0.3, 0.4) is 0 Å². The SMILES string of the molecule is Nc1nc2c(nc(C3=CC=CC=CN3)n2[C@@H]2O[C@H](CO)[C@@H](O)[C@H]2O)c(=O)[nH]1. The van der Waals surface area contributed by atoms with E-state index in [2.05, 4.69) is 20.3 Å². The van der Waals surface area contributed by atoms with E-state index in [0.29, 0.717) is 5.70 Å². The summed E-state index contributed by atoms with van der Waals surface area (Å²) >= 11 is 0. The lowest BCUT2D eigenvalue weighted by Gasteiger charge is -2.20. The molecular weight excluding hydrogens is 356 g/mol. The van der Waals surface area contributed by atoms with Gasteiger partial charge in [-0.2, -0.15) is 4.98 Å². The normalized spacial score (nSPS) is 27.6. The van der Waals surface area contributed by atoms with Gasteiger partial charge < -0.3 is 31.1 Å². The predicted molar refractivity (Wildman–Crippen MR) is 95.0 cm³/mol. The summed E-state index contributed by atoms with van der Waals surface area (Å²) in [7, 11) is 0. The van der Waals surface area contributed by atoms with Crippen LogP contribution >= 0.6 is 0 Å². The first-order valence-corrected chi connectivity index (χ1v) is 8.22. The number of nitrogens with one attached hydrogen (secondary N) is 2. The fraction of sp³-hybridized carbons (Fsp3) is 0.312. The molecule has 0 aliphatic carbocycles. The molecule has 11 nitrogen and oxygen atoms in total. The Labute approximate surface area is 152 Å². The molecule has 1 saturated heterocycles. The number of nitrogens with two attached hydrogens (primary N) is 1. The summed E-state index contributed by atoms with van der Waals surface area (Å²) in [5.74, 6) is 0.120. The van der Waals surface area contributed by atoms with Crippen molar-refractivity contribution in [3.63, 3.8) is 0 Å². The molecule has 2 aromatic rings. The number of anilines is 1. The molecular formula is C16H18N6O5. The molecule has 27 heavy (non-hydrogen) atoms. The van der Waals surface area contributed by atoms with Gasteiger partial charge in [-0.15, -0.1) is 0 Å². The minimum atomic E-state index is -1.38. The zero-order chi connectivity index (χ0) is 19.1. The molecule has 142 valence electrons. The Kier molecular flexibility index (Phi) is 4.28. The Bertz CT molecular complexity index is 1020. The van der Waals surface area contributed by atoms with E-state index >= 15 is 0 Å². The fourth-order valence-corrected chi connectivity index (χ4v) is 3.12. The second-order valence-electron chi connectivity index (χ2n) is 6.13. The van der Waals surface area contributed by atoms with Crippen molar-refractivity contribution in [1.29, 1.82) is 0 Å². The van der Waals surface area contributed by atoms with Gasteiger partial charge in [0, 0.05) is 6.20 Å². The molecule has 0 amide bonds. The molecule has 11 heteroatoms.